The molecule has 0 aromatic heterocycles. The van der Waals surface area contributed by atoms with Crippen LogP contribution in [-0.4, -0.2) is 11.3 Å². The van der Waals surface area contributed by atoms with Crippen LogP contribution in [0.1, 0.15) is 18.1 Å². The highest BCUT2D eigenvalue weighted by atomic mass is 35.5. The maximum atomic E-state index is 10.8. The molecule has 0 aliphatic rings. The Morgan fingerprint density at radius 2 is 2.00 bits per heavy atom. The van der Waals surface area contributed by atoms with E-state index >= 15 is 0 Å². The van der Waals surface area contributed by atoms with Gasteiger partial charge < -0.3 is 5.73 Å². The van der Waals surface area contributed by atoms with Gasteiger partial charge in [0.05, 0.1) is 0 Å². The second-order valence-corrected chi connectivity index (χ2v) is 3.72. The Morgan fingerprint density at radius 3 is 2.50 bits per heavy atom. The van der Waals surface area contributed by atoms with Crippen LogP contribution in [-0.2, 0) is 17.6 Å². The van der Waals surface area contributed by atoms with Crippen LogP contribution in [0.15, 0.2) is 24.3 Å². The first-order valence-electron chi connectivity index (χ1n) is 4.65. The van der Waals surface area contributed by atoms with Crippen LogP contribution in [0.4, 0.5) is 0 Å². The van der Waals surface area contributed by atoms with E-state index in [2.05, 4.69) is 6.92 Å². The molecular weight excluding hydrogens is 198 g/mol. The first-order chi connectivity index (χ1) is 6.65. The predicted molar refractivity (Wildman–Crippen MR) is 58.4 cm³/mol. The van der Waals surface area contributed by atoms with Crippen LogP contribution < -0.4 is 5.73 Å². The first-order valence-corrected chi connectivity index (χ1v) is 5.09. The molecule has 1 aromatic carbocycles. The van der Waals surface area contributed by atoms with Gasteiger partial charge in [-0.25, -0.2) is 0 Å². The van der Waals surface area contributed by atoms with Crippen LogP contribution in [0.3, 0.4) is 0 Å². The summed E-state index contributed by atoms with van der Waals surface area (Å²) in [4.78, 5) is 10.8. The fraction of sp³-hybridized carbons (Fsp3) is 0.364. The second-order valence-electron chi connectivity index (χ2n) is 3.20. The molecule has 1 aromatic rings. The van der Waals surface area contributed by atoms with E-state index in [1.807, 2.05) is 24.3 Å². The van der Waals surface area contributed by atoms with Crippen molar-refractivity contribution in [2.24, 2.45) is 5.73 Å². The third-order valence-electron chi connectivity index (χ3n) is 2.21. The predicted octanol–water partition coefficient (Wildman–Crippen LogP) is 1.88. The van der Waals surface area contributed by atoms with Crippen molar-refractivity contribution >= 4 is 17.5 Å². The van der Waals surface area contributed by atoms with Gasteiger partial charge >= 0.3 is 0 Å². The highest BCUT2D eigenvalue weighted by molar-refractivity contribution is 6.30. The number of hydrogen-bond donors (Lipinski definition) is 1. The van der Waals surface area contributed by atoms with E-state index in [1.54, 1.807) is 0 Å². The Kier molecular flexibility index (Phi) is 3.96. The van der Waals surface area contributed by atoms with Crippen molar-refractivity contribution in [2.45, 2.75) is 25.1 Å². The molecule has 1 unspecified atom stereocenters. The molecule has 0 bridgehead atoms. The molecule has 0 saturated carbocycles. The molecule has 14 heavy (non-hydrogen) atoms. The average Bonchev–Trinajstić information content (AvgIpc) is 2.18. The molecule has 0 fully saturated rings. The minimum Gasteiger partial charge on any atom is -0.368 e. The largest absolute Gasteiger partial charge is 0.368 e. The number of carbonyl (C=O) groups is 1. The molecule has 0 heterocycles. The van der Waals surface area contributed by atoms with Crippen molar-refractivity contribution in [3.05, 3.63) is 35.4 Å². The lowest BCUT2D eigenvalue weighted by Crippen LogP contribution is -2.25. The summed E-state index contributed by atoms with van der Waals surface area (Å²) in [6.45, 7) is 2.08. The van der Waals surface area contributed by atoms with Crippen LogP contribution in [0.2, 0.25) is 0 Å². The van der Waals surface area contributed by atoms with Gasteiger partial charge in [0.25, 0.3) is 0 Å². The number of alkyl halides is 1. The molecular formula is C11H14ClNO. The minimum atomic E-state index is -0.609. The summed E-state index contributed by atoms with van der Waals surface area (Å²) in [6, 6.07) is 7.95. The number of amides is 1. The number of halogens is 1. The van der Waals surface area contributed by atoms with Crippen molar-refractivity contribution in [2.75, 3.05) is 0 Å². The maximum Gasteiger partial charge on any atom is 0.235 e. The molecule has 3 heteroatoms. The lowest BCUT2D eigenvalue weighted by atomic mass is 10.0. The summed E-state index contributed by atoms with van der Waals surface area (Å²) in [5.41, 5.74) is 7.43. The Labute approximate surface area is 89.1 Å². The molecule has 0 saturated heterocycles. The Hall–Kier alpha value is -1.02. The zero-order valence-electron chi connectivity index (χ0n) is 8.16. The number of nitrogens with two attached hydrogens (primary N) is 1. The van der Waals surface area contributed by atoms with E-state index in [0.29, 0.717) is 6.42 Å². The van der Waals surface area contributed by atoms with E-state index in [4.69, 9.17) is 17.3 Å². The number of aryl methyl sites for hydroxylation is 1. The van der Waals surface area contributed by atoms with Crippen LogP contribution >= 0.6 is 11.6 Å². The summed E-state index contributed by atoms with van der Waals surface area (Å²) in [5.74, 6) is -0.461. The highest BCUT2D eigenvalue weighted by Gasteiger charge is 2.13. The molecule has 1 rings (SSSR count). The molecule has 2 N–H and O–H groups in total. The van der Waals surface area contributed by atoms with Gasteiger partial charge in [-0.1, -0.05) is 31.2 Å². The third kappa shape index (κ3) is 2.74. The average molecular weight is 212 g/mol. The maximum absolute atomic E-state index is 10.8. The van der Waals surface area contributed by atoms with Crippen molar-refractivity contribution < 1.29 is 4.79 Å². The monoisotopic (exact) mass is 211 g/mol. The molecule has 1 atom stereocenters. The number of primary amides is 1. The fourth-order valence-corrected chi connectivity index (χ4v) is 1.56. The minimum absolute atomic E-state index is 0.461. The number of rotatable bonds is 4. The van der Waals surface area contributed by atoms with E-state index in [0.717, 1.165) is 12.0 Å². The van der Waals surface area contributed by atoms with Gasteiger partial charge in [0.15, 0.2) is 0 Å². The zero-order valence-corrected chi connectivity index (χ0v) is 8.92. The SMILES string of the molecule is CCc1ccccc1CC(Cl)C(N)=O. The summed E-state index contributed by atoms with van der Waals surface area (Å²) >= 11 is 5.80. The number of hydrogen-bond acceptors (Lipinski definition) is 1. The van der Waals surface area contributed by atoms with E-state index < -0.39 is 11.3 Å². The Bertz CT molecular complexity index is 325. The van der Waals surface area contributed by atoms with E-state index in [9.17, 15) is 4.79 Å². The summed E-state index contributed by atoms with van der Waals surface area (Å²) in [5, 5.41) is -0.609. The number of benzene rings is 1. The Morgan fingerprint density at radius 1 is 1.43 bits per heavy atom. The van der Waals surface area contributed by atoms with E-state index in [1.165, 1.54) is 5.56 Å². The highest BCUT2D eigenvalue weighted by Crippen LogP contribution is 2.14. The summed E-state index contributed by atoms with van der Waals surface area (Å²) in [7, 11) is 0. The third-order valence-corrected chi connectivity index (χ3v) is 2.58. The second kappa shape index (κ2) is 5.01. The topological polar surface area (TPSA) is 43.1 Å². The molecule has 0 radical (unpaired) electrons. The normalized spacial score (nSPS) is 12.4. The standard InChI is InChI=1S/C11H14ClNO/c1-2-8-5-3-4-6-9(8)7-10(12)11(13)14/h3-6,10H,2,7H2,1H3,(H2,13,14). The lowest BCUT2D eigenvalue weighted by Gasteiger charge is -2.09. The lowest BCUT2D eigenvalue weighted by molar-refractivity contribution is -0.117. The Balaban J connectivity index is 2.80. The smallest absolute Gasteiger partial charge is 0.235 e. The van der Waals surface area contributed by atoms with Gasteiger partial charge in [0.2, 0.25) is 5.91 Å². The molecule has 1 amide bonds. The van der Waals surface area contributed by atoms with Gasteiger partial charge in [0, 0.05) is 0 Å². The van der Waals surface area contributed by atoms with Gasteiger partial charge in [0.1, 0.15) is 5.38 Å². The molecule has 0 aliphatic carbocycles. The van der Waals surface area contributed by atoms with Crippen molar-refractivity contribution in [1.29, 1.82) is 0 Å². The fourth-order valence-electron chi connectivity index (χ4n) is 1.40. The molecule has 76 valence electrons. The molecule has 0 spiro atoms. The van der Waals surface area contributed by atoms with Crippen molar-refractivity contribution in [3.8, 4) is 0 Å². The van der Waals surface area contributed by atoms with Gasteiger partial charge in [-0.15, -0.1) is 11.6 Å². The molecule has 2 nitrogen and oxygen atoms in total. The van der Waals surface area contributed by atoms with Gasteiger partial charge in [-0.2, -0.15) is 0 Å². The quantitative estimate of drug-likeness (QED) is 0.760. The van der Waals surface area contributed by atoms with E-state index in [-0.39, 0.29) is 0 Å². The van der Waals surface area contributed by atoms with Crippen molar-refractivity contribution in [1.82, 2.24) is 0 Å². The summed E-state index contributed by atoms with van der Waals surface area (Å²) < 4.78 is 0. The molecule has 0 aliphatic heterocycles. The van der Waals surface area contributed by atoms with Gasteiger partial charge in [-0.3, -0.25) is 4.79 Å². The van der Waals surface area contributed by atoms with Crippen LogP contribution in [0, 0.1) is 0 Å². The zero-order chi connectivity index (χ0) is 10.6. The van der Waals surface area contributed by atoms with Gasteiger partial charge in [-0.05, 0) is 24.0 Å². The van der Waals surface area contributed by atoms with Crippen LogP contribution in [0.5, 0.6) is 0 Å². The number of carbonyl (C=O) groups excluding carboxylic acids is 1. The van der Waals surface area contributed by atoms with Crippen molar-refractivity contribution in [3.63, 3.8) is 0 Å². The first kappa shape index (κ1) is 11.1. The summed E-state index contributed by atoms with van der Waals surface area (Å²) in [6.07, 6.45) is 1.46. The van der Waals surface area contributed by atoms with Crippen LogP contribution in [0.25, 0.3) is 0 Å².